The predicted octanol–water partition coefficient (Wildman–Crippen LogP) is 5.34. The number of methoxy groups -OCH3 is 1. The van der Waals surface area contributed by atoms with Crippen molar-refractivity contribution in [1.29, 1.82) is 0 Å². The number of amides is 2. The van der Waals surface area contributed by atoms with Gasteiger partial charge < -0.3 is 10.1 Å². The number of aliphatic imine (C=N–C) groups is 1. The van der Waals surface area contributed by atoms with Gasteiger partial charge in [0.1, 0.15) is 17.3 Å². The van der Waals surface area contributed by atoms with Gasteiger partial charge in [0.2, 0.25) is 5.91 Å². The molecule has 0 aromatic heterocycles. The summed E-state index contributed by atoms with van der Waals surface area (Å²) in [5.41, 5.74) is 2.12. The lowest BCUT2D eigenvalue weighted by Crippen LogP contribution is -2.33. The molecule has 1 aliphatic rings. The molecule has 1 aliphatic heterocycles. The van der Waals surface area contributed by atoms with E-state index in [1.807, 2.05) is 30.3 Å². The maximum atomic E-state index is 13.5. The average Bonchev–Trinajstić information content (AvgIpc) is 3.14. The summed E-state index contributed by atoms with van der Waals surface area (Å²) in [7, 11) is 1.55. The third-order valence-electron chi connectivity index (χ3n) is 5.01. The molecule has 34 heavy (non-hydrogen) atoms. The molecule has 0 bridgehead atoms. The minimum absolute atomic E-state index is 0.235. The van der Waals surface area contributed by atoms with Gasteiger partial charge in [0, 0.05) is 11.8 Å². The van der Waals surface area contributed by atoms with Gasteiger partial charge >= 0.3 is 0 Å². The molecule has 0 fully saturated rings. The summed E-state index contributed by atoms with van der Waals surface area (Å²) < 4.78 is 18.7. The molecule has 3 aromatic rings. The Kier molecular flexibility index (Phi) is 7.08. The summed E-state index contributed by atoms with van der Waals surface area (Å²) in [6.45, 7) is 1.73. The molecule has 8 heteroatoms. The number of thioether (sulfide) groups is 1. The Labute approximate surface area is 201 Å². The molecule has 0 saturated heterocycles. The number of halogens is 1. The van der Waals surface area contributed by atoms with E-state index in [0.717, 1.165) is 17.3 Å². The zero-order chi connectivity index (χ0) is 24.1. The molecule has 6 nitrogen and oxygen atoms in total. The van der Waals surface area contributed by atoms with Crippen LogP contribution in [-0.2, 0) is 9.59 Å². The SMILES string of the molecule is COc1cccc(NC(=O)[C@H](C)SC2=N/C(=C\c3ccccc3)C(=O)N2c2ccc(F)cc2)c1. The van der Waals surface area contributed by atoms with E-state index in [9.17, 15) is 14.0 Å². The Hall–Kier alpha value is -3.91. The van der Waals surface area contributed by atoms with Crippen LogP contribution < -0.4 is 15.0 Å². The van der Waals surface area contributed by atoms with E-state index in [1.165, 1.54) is 29.2 Å². The number of ether oxygens (including phenoxy) is 1. The van der Waals surface area contributed by atoms with E-state index < -0.39 is 11.1 Å². The zero-order valence-electron chi connectivity index (χ0n) is 18.6. The van der Waals surface area contributed by atoms with E-state index in [-0.39, 0.29) is 17.5 Å². The maximum Gasteiger partial charge on any atom is 0.283 e. The first kappa shape index (κ1) is 23.3. The van der Waals surface area contributed by atoms with Crippen molar-refractivity contribution in [3.63, 3.8) is 0 Å². The molecule has 0 saturated carbocycles. The van der Waals surface area contributed by atoms with Crippen LogP contribution in [-0.4, -0.2) is 29.3 Å². The highest BCUT2D eigenvalue weighted by Gasteiger charge is 2.34. The van der Waals surface area contributed by atoms with Gasteiger partial charge in [-0.1, -0.05) is 48.2 Å². The molecular formula is C26H22FN3O3S. The lowest BCUT2D eigenvalue weighted by atomic mass is 10.2. The number of hydrogen-bond donors (Lipinski definition) is 1. The molecule has 4 rings (SSSR count). The molecule has 0 spiro atoms. The van der Waals surface area contributed by atoms with Crippen molar-refractivity contribution in [2.24, 2.45) is 4.99 Å². The molecular weight excluding hydrogens is 453 g/mol. The minimum atomic E-state index is -0.572. The summed E-state index contributed by atoms with van der Waals surface area (Å²) >= 11 is 1.15. The van der Waals surface area contributed by atoms with Crippen molar-refractivity contribution in [2.45, 2.75) is 12.2 Å². The fraction of sp³-hybridized carbons (Fsp3) is 0.115. The van der Waals surface area contributed by atoms with Crippen molar-refractivity contribution < 1.29 is 18.7 Å². The highest BCUT2D eigenvalue weighted by atomic mass is 32.2. The van der Waals surface area contributed by atoms with Crippen LogP contribution in [0.2, 0.25) is 0 Å². The molecule has 1 heterocycles. The number of carbonyl (C=O) groups is 2. The van der Waals surface area contributed by atoms with Gasteiger partial charge in [-0.2, -0.15) is 0 Å². The molecule has 172 valence electrons. The predicted molar refractivity (Wildman–Crippen MR) is 134 cm³/mol. The third-order valence-corrected chi connectivity index (χ3v) is 6.06. The molecule has 0 radical (unpaired) electrons. The number of amidine groups is 1. The van der Waals surface area contributed by atoms with E-state index in [1.54, 1.807) is 44.4 Å². The number of nitrogens with one attached hydrogen (secondary N) is 1. The van der Waals surface area contributed by atoms with Crippen LogP contribution in [0.1, 0.15) is 12.5 Å². The van der Waals surface area contributed by atoms with Crippen LogP contribution in [0.4, 0.5) is 15.8 Å². The van der Waals surface area contributed by atoms with Crippen molar-refractivity contribution in [1.82, 2.24) is 0 Å². The van der Waals surface area contributed by atoms with Gasteiger partial charge in [-0.25, -0.2) is 9.38 Å². The summed E-state index contributed by atoms with van der Waals surface area (Å²) in [5.74, 6) is -0.388. The highest BCUT2D eigenvalue weighted by molar-refractivity contribution is 8.15. The lowest BCUT2D eigenvalue weighted by Gasteiger charge is -2.20. The van der Waals surface area contributed by atoms with Gasteiger partial charge in [0.15, 0.2) is 5.17 Å². The van der Waals surface area contributed by atoms with Crippen LogP contribution >= 0.6 is 11.8 Å². The van der Waals surface area contributed by atoms with E-state index in [4.69, 9.17) is 4.74 Å². The largest absolute Gasteiger partial charge is 0.497 e. The van der Waals surface area contributed by atoms with Gasteiger partial charge in [-0.05, 0) is 55.0 Å². The van der Waals surface area contributed by atoms with Gasteiger partial charge in [-0.15, -0.1) is 0 Å². The normalized spacial score (nSPS) is 15.3. The monoisotopic (exact) mass is 475 g/mol. The fourth-order valence-electron chi connectivity index (χ4n) is 3.26. The fourth-order valence-corrected chi connectivity index (χ4v) is 4.18. The van der Waals surface area contributed by atoms with Crippen LogP contribution in [0.25, 0.3) is 6.08 Å². The third kappa shape index (κ3) is 5.35. The van der Waals surface area contributed by atoms with Crippen molar-refractivity contribution in [2.75, 3.05) is 17.3 Å². The zero-order valence-corrected chi connectivity index (χ0v) is 19.4. The standard InChI is InChI=1S/C26H22FN3O3S/c1-17(24(31)28-20-9-6-10-22(16-20)33-2)34-26-29-23(15-18-7-4-3-5-8-18)25(32)30(26)21-13-11-19(27)12-14-21/h3-17H,1-2H3,(H,28,31)/b23-15-/t17-/m0/s1. The first-order valence-electron chi connectivity index (χ1n) is 10.5. The number of nitrogens with zero attached hydrogens (tertiary/aromatic N) is 2. The maximum absolute atomic E-state index is 13.5. The average molecular weight is 476 g/mol. The van der Waals surface area contributed by atoms with E-state index in [0.29, 0.717) is 22.3 Å². The summed E-state index contributed by atoms with van der Waals surface area (Å²) in [4.78, 5) is 32.0. The second kappa shape index (κ2) is 10.4. The van der Waals surface area contributed by atoms with Crippen LogP contribution in [0.15, 0.2) is 89.6 Å². The highest BCUT2D eigenvalue weighted by Crippen LogP contribution is 2.31. The smallest absolute Gasteiger partial charge is 0.283 e. The number of rotatable bonds is 6. The minimum Gasteiger partial charge on any atom is -0.497 e. The Morgan fingerprint density at radius 2 is 1.82 bits per heavy atom. The first-order chi connectivity index (χ1) is 16.4. The van der Waals surface area contributed by atoms with Crippen molar-refractivity contribution in [3.8, 4) is 5.75 Å². The second-order valence-electron chi connectivity index (χ2n) is 7.43. The van der Waals surface area contributed by atoms with Gasteiger partial charge in [0.05, 0.1) is 18.0 Å². The molecule has 0 unspecified atom stereocenters. The molecule has 3 aromatic carbocycles. The van der Waals surface area contributed by atoms with Crippen LogP contribution in [0.5, 0.6) is 5.75 Å². The Morgan fingerprint density at radius 3 is 2.53 bits per heavy atom. The Morgan fingerprint density at radius 1 is 1.09 bits per heavy atom. The topological polar surface area (TPSA) is 71.0 Å². The molecule has 2 amide bonds. The van der Waals surface area contributed by atoms with Gasteiger partial charge in [0.25, 0.3) is 5.91 Å². The van der Waals surface area contributed by atoms with E-state index in [2.05, 4.69) is 10.3 Å². The first-order valence-corrected chi connectivity index (χ1v) is 11.4. The molecule has 1 atom stereocenters. The second-order valence-corrected chi connectivity index (χ2v) is 8.74. The van der Waals surface area contributed by atoms with Crippen molar-refractivity contribution in [3.05, 3.63) is 95.9 Å². The number of carbonyl (C=O) groups excluding carboxylic acids is 2. The van der Waals surface area contributed by atoms with Crippen molar-refractivity contribution >= 4 is 46.2 Å². The Bertz CT molecular complexity index is 1260. The summed E-state index contributed by atoms with van der Waals surface area (Å²) in [6, 6.07) is 22.0. The molecule has 0 aliphatic carbocycles. The van der Waals surface area contributed by atoms with Gasteiger partial charge in [-0.3, -0.25) is 14.5 Å². The number of anilines is 2. The summed E-state index contributed by atoms with van der Waals surface area (Å²) in [6.07, 6.45) is 1.69. The Balaban J connectivity index is 1.59. The summed E-state index contributed by atoms with van der Waals surface area (Å²) in [5, 5.41) is 2.62. The number of hydrogen-bond acceptors (Lipinski definition) is 5. The van der Waals surface area contributed by atoms with E-state index >= 15 is 0 Å². The number of benzene rings is 3. The quantitative estimate of drug-likeness (QED) is 0.489. The van der Waals surface area contributed by atoms with Crippen LogP contribution in [0, 0.1) is 5.82 Å². The lowest BCUT2D eigenvalue weighted by molar-refractivity contribution is -0.115. The van der Waals surface area contributed by atoms with Crippen LogP contribution in [0.3, 0.4) is 0 Å². The molecule has 1 N–H and O–H groups in total.